The number of amides is 1. The second-order valence-electron chi connectivity index (χ2n) is 20.8. The molecule has 0 saturated heterocycles. The van der Waals surface area contributed by atoms with Gasteiger partial charge in [-0.25, -0.2) is 10.3 Å². The van der Waals surface area contributed by atoms with Crippen LogP contribution in [-0.4, -0.2) is 71.5 Å². The van der Waals surface area contributed by atoms with E-state index in [-0.39, 0.29) is 30.7 Å². The van der Waals surface area contributed by atoms with Crippen molar-refractivity contribution < 1.29 is 33.8 Å². The average molecular weight is 942 g/mol. The highest BCUT2D eigenvalue weighted by Crippen LogP contribution is 2.67. The van der Waals surface area contributed by atoms with Crippen molar-refractivity contribution in [2.24, 2.45) is 52.1 Å². The zero-order chi connectivity index (χ0) is 46.8. The van der Waals surface area contributed by atoms with Crippen molar-refractivity contribution in [1.82, 2.24) is 10.4 Å². The molecule has 0 aliphatic heterocycles. The standard InChI is InChI=1S/C54H75N3O7S2/c1-36(2)9-8-10-37(3)46-21-22-47-45-20-19-43-32-44(23-25-53(43,4)48(45)24-26-54(46,47)5)64-51(59)49(55)35-66-65-30-29-63-52(60)62-28-27-57(33-38-13-17-41(18-14-38)50(58)56-61)34-39-15-16-40-11-6-7-12-42(40)31-39/h6-7,11-19,31,36-37,44-49,61H,8-10,20-30,32-35,55H2,1-5H3,(H,56,58)/t37-,44+,45+,46-,47+,48+,49+,53+,54-/m1/s1. The Labute approximate surface area is 401 Å². The third kappa shape index (κ3) is 12.4. The lowest BCUT2D eigenvalue weighted by Crippen LogP contribution is -2.51. The Bertz CT molecular complexity index is 2130. The van der Waals surface area contributed by atoms with E-state index >= 15 is 0 Å². The first kappa shape index (κ1) is 50.3. The molecule has 3 fully saturated rings. The molecular weight excluding hydrogens is 867 g/mol. The maximum Gasteiger partial charge on any atom is 0.508 e. The molecule has 4 aliphatic rings. The summed E-state index contributed by atoms with van der Waals surface area (Å²) < 4.78 is 16.9. The number of carbonyl (C=O) groups excluding carboxylic acids is 3. The van der Waals surface area contributed by atoms with E-state index in [9.17, 15) is 14.4 Å². The Hall–Kier alpha value is -3.55. The molecule has 4 aliphatic carbocycles. The largest absolute Gasteiger partial charge is 0.508 e. The Morgan fingerprint density at radius 1 is 0.864 bits per heavy atom. The molecule has 3 saturated carbocycles. The Balaban J connectivity index is 0.796. The molecule has 3 aromatic carbocycles. The number of esters is 1. The van der Waals surface area contributed by atoms with Gasteiger partial charge in [0.2, 0.25) is 0 Å². The maximum absolute atomic E-state index is 13.2. The van der Waals surface area contributed by atoms with Gasteiger partial charge < -0.3 is 19.9 Å². The normalized spacial score (nSPS) is 26.7. The predicted octanol–water partition coefficient (Wildman–Crippen LogP) is 11.8. The molecule has 360 valence electrons. The van der Waals surface area contributed by atoms with Gasteiger partial charge >= 0.3 is 12.1 Å². The fourth-order valence-corrected chi connectivity index (χ4v) is 14.5. The van der Waals surface area contributed by atoms with Gasteiger partial charge in [-0.3, -0.25) is 19.7 Å². The van der Waals surface area contributed by atoms with Crippen molar-refractivity contribution in [3.05, 3.63) is 95.1 Å². The van der Waals surface area contributed by atoms with Gasteiger partial charge in [-0.2, -0.15) is 0 Å². The molecule has 9 atom stereocenters. The first-order valence-corrected chi connectivity index (χ1v) is 27.2. The predicted molar refractivity (Wildman–Crippen MR) is 267 cm³/mol. The van der Waals surface area contributed by atoms with E-state index in [1.165, 1.54) is 78.5 Å². The number of fused-ring (bicyclic) bond motifs is 6. The minimum absolute atomic E-state index is 0.118. The zero-order valence-corrected chi connectivity index (χ0v) is 41.6. The van der Waals surface area contributed by atoms with Crippen LogP contribution in [0.4, 0.5) is 4.79 Å². The van der Waals surface area contributed by atoms with Gasteiger partial charge in [-0.15, -0.1) is 0 Å². The second-order valence-corrected chi connectivity index (χ2v) is 23.4. The van der Waals surface area contributed by atoms with Gasteiger partial charge in [0.15, 0.2) is 0 Å². The number of hydrogen-bond acceptors (Lipinski definition) is 11. The van der Waals surface area contributed by atoms with Crippen LogP contribution in [0.5, 0.6) is 0 Å². The maximum atomic E-state index is 13.2. The SMILES string of the molecule is CC(C)CCC[C@@H](C)[C@H]1CC[C@H]2[C@@H]3CC=C4C[C@@H](OC(=O)[C@@H](N)CSSCCOC(=O)OCCN(Cc5ccc(C(=O)NO)cc5)Cc5ccc6ccccc6c5)CC[C@]4(C)[C@H]3CC[C@]12C. The monoisotopic (exact) mass is 942 g/mol. The number of nitrogens with two attached hydrogens (primary N) is 1. The number of carbonyl (C=O) groups is 3. The lowest BCUT2D eigenvalue weighted by Gasteiger charge is -2.58. The van der Waals surface area contributed by atoms with Gasteiger partial charge in [0, 0.05) is 43.1 Å². The van der Waals surface area contributed by atoms with Crippen molar-refractivity contribution in [1.29, 1.82) is 0 Å². The van der Waals surface area contributed by atoms with Crippen LogP contribution in [0.2, 0.25) is 0 Å². The Kier molecular flexibility index (Phi) is 17.7. The fourth-order valence-electron chi connectivity index (χ4n) is 12.6. The smallest absolute Gasteiger partial charge is 0.461 e. The molecule has 1 amide bonds. The highest BCUT2D eigenvalue weighted by Gasteiger charge is 2.59. The van der Waals surface area contributed by atoms with E-state index in [0.29, 0.717) is 42.1 Å². The first-order valence-electron chi connectivity index (χ1n) is 24.7. The van der Waals surface area contributed by atoms with Crippen molar-refractivity contribution >= 4 is 50.4 Å². The number of hydrogen-bond donors (Lipinski definition) is 3. The minimum atomic E-state index is -0.732. The van der Waals surface area contributed by atoms with Gasteiger partial charge in [-0.05, 0) is 131 Å². The summed E-state index contributed by atoms with van der Waals surface area (Å²) >= 11 is 0. The van der Waals surface area contributed by atoms with E-state index in [1.54, 1.807) is 17.6 Å². The molecular formula is C54H75N3O7S2. The number of ether oxygens (including phenoxy) is 3. The molecule has 12 heteroatoms. The van der Waals surface area contributed by atoms with Gasteiger partial charge in [-0.1, -0.05) is 136 Å². The zero-order valence-electron chi connectivity index (χ0n) is 40.0. The number of benzene rings is 3. The van der Waals surface area contributed by atoms with E-state index in [2.05, 4.69) is 75.9 Å². The first-order chi connectivity index (χ1) is 31.8. The van der Waals surface area contributed by atoms with Gasteiger partial charge in [0.1, 0.15) is 25.4 Å². The second kappa shape index (κ2) is 23.2. The summed E-state index contributed by atoms with van der Waals surface area (Å²) in [6.07, 6.45) is 15.3. The van der Waals surface area contributed by atoms with Crippen LogP contribution in [0.1, 0.15) is 127 Å². The molecule has 0 aromatic heterocycles. The number of allylic oxidation sites excluding steroid dienone is 1. The van der Waals surface area contributed by atoms with E-state index in [4.69, 9.17) is 25.2 Å². The third-order valence-electron chi connectivity index (χ3n) is 16.1. The lowest BCUT2D eigenvalue weighted by atomic mass is 9.47. The van der Waals surface area contributed by atoms with Crippen LogP contribution in [0.15, 0.2) is 78.4 Å². The lowest BCUT2D eigenvalue weighted by molar-refractivity contribution is -0.152. The molecule has 0 bridgehead atoms. The van der Waals surface area contributed by atoms with Crippen molar-refractivity contribution in [3.63, 3.8) is 0 Å². The van der Waals surface area contributed by atoms with Crippen LogP contribution in [0.3, 0.4) is 0 Å². The van der Waals surface area contributed by atoms with Crippen molar-refractivity contribution in [2.75, 3.05) is 31.3 Å². The molecule has 7 rings (SSSR count). The van der Waals surface area contributed by atoms with Crippen LogP contribution in [-0.2, 0) is 32.1 Å². The summed E-state index contributed by atoms with van der Waals surface area (Å²) in [6.45, 7) is 14.4. The fraction of sp³-hybridized carbons (Fsp3) is 0.611. The Morgan fingerprint density at radius 3 is 2.38 bits per heavy atom. The topological polar surface area (TPSA) is 140 Å². The summed E-state index contributed by atoms with van der Waals surface area (Å²) in [4.78, 5) is 39.7. The van der Waals surface area contributed by atoms with Crippen molar-refractivity contribution in [2.45, 2.75) is 130 Å². The van der Waals surface area contributed by atoms with Crippen LogP contribution >= 0.6 is 21.6 Å². The van der Waals surface area contributed by atoms with Gasteiger partial charge in [0.25, 0.3) is 5.91 Å². The van der Waals surface area contributed by atoms with E-state index in [0.717, 1.165) is 76.7 Å². The van der Waals surface area contributed by atoms with Crippen LogP contribution < -0.4 is 11.2 Å². The van der Waals surface area contributed by atoms with Crippen LogP contribution in [0, 0.1) is 46.3 Å². The highest BCUT2D eigenvalue weighted by molar-refractivity contribution is 8.76. The van der Waals surface area contributed by atoms with E-state index < -0.39 is 18.1 Å². The summed E-state index contributed by atoms with van der Waals surface area (Å²) in [5, 5.41) is 11.3. The highest BCUT2D eigenvalue weighted by atomic mass is 33.1. The van der Waals surface area contributed by atoms with Gasteiger partial charge in [0.05, 0.1) is 0 Å². The molecule has 0 unspecified atom stereocenters. The Morgan fingerprint density at radius 2 is 1.61 bits per heavy atom. The molecule has 10 nitrogen and oxygen atoms in total. The molecule has 3 aromatic rings. The number of rotatable bonds is 21. The summed E-state index contributed by atoms with van der Waals surface area (Å²) in [7, 11) is 2.98. The molecule has 0 radical (unpaired) electrons. The number of hydroxylamine groups is 1. The van der Waals surface area contributed by atoms with E-state index in [1.807, 2.05) is 24.3 Å². The summed E-state index contributed by atoms with van der Waals surface area (Å²) in [5.74, 6) is 4.84. The molecule has 66 heavy (non-hydrogen) atoms. The minimum Gasteiger partial charge on any atom is -0.461 e. The molecule has 0 heterocycles. The quantitative estimate of drug-likeness (QED) is 0.0235. The average Bonchev–Trinajstić information content (AvgIpc) is 3.67. The van der Waals surface area contributed by atoms with Crippen molar-refractivity contribution in [3.8, 4) is 0 Å². The third-order valence-corrected chi connectivity index (χ3v) is 18.5. The number of nitrogens with one attached hydrogen (secondary N) is 1. The summed E-state index contributed by atoms with van der Waals surface area (Å²) in [6, 6.07) is 20.9. The van der Waals surface area contributed by atoms with Crippen LogP contribution in [0.25, 0.3) is 10.8 Å². The number of nitrogens with zero attached hydrogens (tertiary/aromatic N) is 1. The molecule has 4 N–H and O–H groups in total. The molecule has 0 spiro atoms. The summed E-state index contributed by atoms with van der Waals surface area (Å²) in [5.41, 5.74) is 12.6.